The Kier molecular flexibility index (Phi) is 4.83. The molecule has 0 spiro atoms. The third-order valence-electron chi connectivity index (χ3n) is 4.40. The average molecular weight is 382 g/mol. The van der Waals surface area contributed by atoms with E-state index >= 15 is 0 Å². The summed E-state index contributed by atoms with van der Waals surface area (Å²) in [5.41, 5.74) is 5.32. The zero-order valence-electron chi connectivity index (χ0n) is 14.7. The van der Waals surface area contributed by atoms with Gasteiger partial charge < -0.3 is 5.32 Å². The van der Waals surface area contributed by atoms with Gasteiger partial charge in [-0.15, -0.1) is 5.10 Å². The highest BCUT2D eigenvalue weighted by molar-refractivity contribution is 6.31. The molecule has 0 fully saturated rings. The van der Waals surface area contributed by atoms with Crippen LogP contribution in [0.3, 0.4) is 0 Å². The Bertz CT molecular complexity index is 1090. The van der Waals surface area contributed by atoms with Crippen LogP contribution in [0.5, 0.6) is 0 Å². The number of nitrogens with zero attached hydrogens (tertiary/aromatic N) is 4. The first-order chi connectivity index (χ1) is 13.1. The van der Waals surface area contributed by atoms with Crippen molar-refractivity contribution in [3.8, 4) is 11.1 Å². The van der Waals surface area contributed by atoms with E-state index in [1.54, 1.807) is 16.6 Å². The fourth-order valence-corrected chi connectivity index (χ4v) is 3.28. The topological polar surface area (TPSA) is 55.1 Å². The van der Waals surface area contributed by atoms with Crippen LogP contribution >= 0.6 is 11.6 Å². The van der Waals surface area contributed by atoms with Crippen molar-refractivity contribution in [1.82, 2.24) is 25.4 Å². The summed E-state index contributed by atoms with van der Waals surface area (Å²) >= 11 is 6.09. The van der Waals surface area contributed by atoms with Crippen LogP contribution in [0.2, 0.25) is 5.02 Å². The number of aromatic nitrogens is 4. The number of rotatable bonds is 5. The minimum Gasteiger partial charge on any atom is -0.308 e. The number of aryl methyl sites for hydroxylation is 1. The van der Waals surface area contributed by atoms with Gasteiger partial charge in [0.2, 0.25) is 0 Å². The fourth-order valence-electron chi connectivity index (χ4n) is 3.05. The van der Waals surface area contributed by atoms with E-state index in [2.05, 4.69) is 52.0 Å². The van der Waals surface area contributed by atoms with Gasteiger partial charge in [0.1, 0.15) is 5.82 Å². The van der Waals surface area contributed by atoms with Crippen molar-refractivity contribution in [3.63, 3.8) is 0 Å². The van der Waals surface area contributed by atoms with Gasteiger partial charge in [-0.1, -0.05) is 47.5 Å². The van der Waals surface area contributed by atoms with Crippen molar-refractivity contribution in [1.29, 1.82) is 0 Å². The number of pyridine rings is 1. The Morgan fingerprint density at radius 3 is 2.74 bits per heavy atom. The molecule has 0 saturated heterocycles. The van der Waals surface area contributed by atoms with Crippen molar-refractivity contribution >= 4 is 17.2 Å². The number of fused-ring (bicyclic) bond motifs is 1. The molecule has 7 heteroatoms. The third-order valence-corrected chi connectivity index (χ3v) is 4.76. The molecule has 136 valence electrons. The van der Waals surface area contributed by atoms with Gasteiger partial charge in [-0.05, 0) is 41.1 Å². The maximum atomic E-state index is 13.9. The number of halogens is 2. The molecule has 4 rings (SSSR count). The Morgan fingerprint density at radius 2 is 1.93 bits per heavy atom. The molecule has 5 nitrogen and oxygen atoms in total. The predicted octanol–water partition coefficient (Wildman–Crippen LogP) is 4.18. The molecule has 0 radical (unpaired) electrons. The molecule has 0 aliphatic rings. The van der Waals surface area contributed by atoms with Crippen LogP contribution in [-0.4, -0.2) is 20.0 Å². The lowest BCUT2D eigenvalue weighted by Gasteiger charge is -2.10. The van der Waals surface area contributed by atoms with Crippen molar-refractivity contribution in [2.75, 3.05) is 0 Å². The molecule has 2 heterocycles. The maximum Gasteiger partial charge on any atom is 0.183 e. The molecule has 4 aromatic rings. The van der Waals surface area contributed by atoms with Crippen LogP contribution < -0.4 is 5.32 Å². The molecule has 0 unspecified atom stereocenters. The van der Waals surface area contributed by atoms with Crippen molar-refractivity contribution < 1.29 is 4.39 Å². The second kappa shape index (κ2) is 7.42. The van der Waals surface area contributed by atoms with Crippen LogP contribution in [0.25, 0.3) is 16.8 Å². The molecule has 0 bridgehead atoms. The van der Waals surface area contributed by atoms with Gasteiger partial charge >= 0.3 is 0 Å². The number of benzene rings is 2. The summed E-state index contributed by atoms with van der Waals surface area (Å²) in [4.78, 5) is 0. The minimum atomic E-state index is -0.321. The summed E-state index contributed by atoms with van der Waals surface area (Å²) in [6.45, 7) is 2.85. The number of nitrogens with one attached hydrogen (secondary N) is 1. The van der Waals surface area contributed by atoms with Crippen LogP contribution in [0.4, 0.5) is 4.39 Å². The Balaban J connectivity index is 1.62. The molecule has 0 saturated carbocycles. The summed E-state index contributed by atoms with van der Waals surface area (Å²) in [5.74, 6) is -0.321. The standard InChI is InChI=1S/C20H17ClFN5/c1-13-4-2-5-14(8-13)16-9-15(20-24-25-26-27(20)12-16)10-23-11-17-18(21)6-3-7-19(17)22/h2-9,12,23H,10-11H2,1H3. The van der Waals surface area contributed by atoms with Crippen LogP contribution in [0, 0.1) is 12.7 Å². The van der Waals surface area contributed by atoms with Gasteiger partial charge in [0.15, 0.2) is 5.65 Å². The molecule has 0 amide bonds. The summed E-state index contributed by atoms with van der Waals surface area (Å²) in [6, 6.07) is 15.0. The highest BCUT2D eigenvalue weighted by atomic mass is 35.5. The predicted molar refractivity (Wildman–Crippen MR) is 103 cm³/mol. The largest absolute Gasteiger partial charge is 0.308 e. The fraction of sp³-hybridized carbons (Fsp3) is 0.150. The smallest absolute Gasteiger partial charge is 0.183 e. The van der Waals surface area contributed by atoms with Crippen LogP contribution in [0.1, 0.15) is 16.7 Å². The van der Waals surface area contributed by atoms with E-state index in [9.17, 15) is 4.39 Å². The molecule has 2 aromatic heterocycles. The van der Waals surface area contributed by atoms with Gasteiger partial charge in [-0.2, -0.15) is 4.52 Å². The van der Waals surface area contributed by atoms with Gasteiger partial charge in [-0.25, -0.2) is 4.39 Å². The molecule has 0 aliphatic carbocycles. The second-order valence-electron chi connectivity index (χ2n) is 6.37. The monoisotopic (exact) mass is 381 g/mol. The van der Waals surface area contributed by atoms with E-state index in [1.807, 2.05) is 12.3 Å². The summed E-state index contributed by atoms with van der Waals surface area (Å²) in [5, 5.41) is 15.5. The quantitative estimate of drug-likeness (QED) is 0.563. The lowest BCUT2D eigenvalue weighted by molar-refractivity contribution is 0.588. The van der Waals surface area contributed by atoms with Crippen LogP contribution in [-0.2, 0) is 13.1 Å². The Morgan fingerprint density at radius 1 is 1.07 bits per heavy atom. The van der Waals surface area contributed by atoms with Gasteiger partial charge in [0.25, 0.3) is 0 Å². The van der Waals surface area contributed by atoms with E-state index in [0.717, 1.165) is 16.7 Å². The average Bonchev–Trinajstić information content (AvgIpc) is 3.13. The van der Waals surface area contributed by atoms with E-state index in [1.165, 1.54) is 11.6 Å². The number of tetrazole rings is 1. The first kappa shape index (κ1) is 17.6. The van der Waals surface area contributed by atoms with E-state index in [0.29, 0.717) is 29.3 Å². The highest BCUT2D eigenvalue weighted by Gasteiger charge is 2.11. The minimum absolute atomic E-state index is 0.313. The van der Waals surface area contributed by atoms with E-state index < -0.39 is 0 Å². The first-order valence-electron chi connectivity index (χ1n) is 8.53. The normalized spacial score (nSPS) is 11.2. The van der Waals surface area contributed by atoms with Gasteiger partial charge in [0, 0.05) is 41.0 Å². The molecular formula is C20H17ClFN5. The SMILES string of the molecule is Cc1cccc(-c2cc(CNCc3c(F)cccc3Cl)c3nnnn3c2)c1. The lowest BCUT2D eigenvalue weighted by atomic mass is 10.0. The molecular weight excluding hydrogens is 365 g/mol. The third kappa shape index (κ3) is 3.67. The molecule has 0 atom stereocenters. The zero-order chi connectivity index (χ0) is 18.8. The molecule has 2 aromatic carbocycles. The molecule has 0 aliphatic heterocycles. The second-order valence-corrected chi connectivity index (χ2v) is 6.78. The number of hydrogen-bond donors (Lipinski definition) is 1. The number of hydrogen-bond acceptors (Lipinski definition) is 4. The maximum absolute atomic E-state index is 13.9. The Labute approximate surface area is 160 Å². The highest BCUT2D eigenvalue weighted by Crippen LogP contribution is 2.23. The summed E-state index contributed by atoms with van der Waals surface area (Å²) in [6.07, 6.45) is 1.90. The molecule has 1 N–H and O–H groups in total. The van der Waals surface area contributed by atoms with Crippen molar-refractivity contribution in [3.05, 3.63) is 82.3 Å². The van der Waals surface area contributed by atoms with Crippen molar-refractivity contribution in [2.24, 2.45) is 0 Å². The summed E-state index contributed by atoms with van der Waals surface area (Å²) in [7, 11) is 0. The van der Waals surface area contributed by atoms with Gasteiger partial charge in [-0.3, -0.25) is 0 Å². The lowest BCUT2D eigenvalue weighted by Crippen LogP contribution is -2.15. The van der Waals surface area contributed by atoms with Gasteiger partial charge in [0.05, 0.1) is 0 Å². The van der Waals surface area contributed by atoms with E-state index in [-0.39, 0.29) is 5.82 Å². The molecule has 27 heavy (non-hydrogen) atoms. The Hall–Kier alpha value is -2.83. The van der Waals surface area contributed by atoms with E-state index in [4.69, 9.17) is 11.6 Å². The van der Waals surface area contributed by atoms with Crippen molar-refractivity contribution in [2.45, 2.75) is 20.0 Å². The first-order valence-corrected chi connectivity index (χ1v) is 8.91. The summed E-state index contributed by atoms with van der Waals surface area (Å²) < 4.78 is 15.6. The zero-order valence-corrected chi connectivity index (χ0v) is 15.4. The van der Waals surface area contributed by atoms with Crippen LogP contribution in [0.15, 0.2) is 54.7 Å².